The molecule has 0 saturated heterocycles. The summed E-state index contributed by atoms with van der Waals surface area (Å²) >= 11 is 0. The maximum absolute atomic E-state index is 12.4. The Labute approximate surface area is 116 Å². The fourth-order valence-electron chi connectivity index (χ4n) is 1.55. The van der Waals surface area contributed by atoms with E-state index in [0.717, 1.165) is 5.56 Å². The minimum absolute atomic E-state index is 0.264. The largest absolute Gasteiger partial charge is 0.433 e. The highest BCUT2D eigenvalue weighted by Gasteiger charge is 2.10. The van der Waals surface area contributed by atoms with Crippen molar-refractivity contribution in [3.63, 3.8) is 0 Å². The van der Waals surface area contributed by atoms with Gasteiger partial charge in [0.25, 0.3) is 0 Å². The fraction of sp³-hybridized carbons (Fsp3) is 0.0714. The predicted octanol–water partition coefficient (Wildman–Crippen LogP) is 3.24. The predicted molar refractivity (Wildman–Crippen MR) is 79.1 cm³/mol. The van der Waals surface area contributed by atoms with Gasteiger partial charge in [0.2, 0.25) is 0 Å². The van der Waals surface area contributed by atoms with Crippen LogP contribution in [0.25, 0.3) is 6.08 Å². The molecular weight excluding hydrogens is 278 g/mol. The Morgan fingerprint density at radius 3 is 2.45 bits per heavy atom. The van der Waals surface area contributed by atoms with Crippen LogP contribution in [-0.2, 0) is 9.52 Å². The number of furan rings is 1. The van der Waals surface area contributed by atoms with E-state index in [4.69, 9.17) is 4.42 Å². The zero-order chi connectivity index (χ0) is 14.8. The van der Waals surface area contributed by atoms with E-state index in [1.807, 2.05) is 19.1 Å². The van der Waals surface area contributed by atoms with Gasteiger partial charge in [-0.25, -0.2) is 0 Å². The SMILES string of the molecule is C=S(=O)(/C=C/c1ccc([N+](=O)[O-])o1)c1ccc(C)cc1. The van der Waals surface area contributed by atoms with Gasteiger partial charge >= 0.3 is 5.88 Å². The first-order chi connectivity index (χ1) is 9.38. The van der Waals surface area contributed by atoms with Crippen LogP contribution in [0, 0.1) is 17.0 Å². The normalized spacial score (nSPS) is 14.2. The first-order valence-corrected chi connectivity index (χ1v) is 7.54. The van der Waals surface area contributed by atoms with Crippen molar-refractivity contribution in [2.75, 3.05) is 0 Å². The van der Waals surface area contributed by atoms with Gasteiger partial charge in [0.05, 0.1) is 6.07 Å². The average molecular weight is 291 g/mol. The van der Waals surface area contributed by atoms with E-state index >= 15 is 0 Å². The summed E-state index contributed by atoms with van der Waals surface area (Å²) < 4.78 is 17.4. The number of hydrogen-bond donors (Lipinski definition) is 0. The van der Waals surface area contributed by atoms with Gasteiger partial charge in [-0.05, 0) is 37.1 Å². The minimum Gasteiger partial charge on any atom is -0.401 e. The van der Waals surface area contributed by atoms with Crippen molar-refractivity contribution in [3.8, 4) is 0 Å². The molecule has 1 atom stereocenters. The molecule has 0 bridgehead atoms. The third-order valence-corrected chi connectivity index (χ3v) is 4.31. The van der Waals surface area contributed by atoms with Crippen LogP contribution in [0.3, 0.4) is 0 Å². The summed E-state index contributed by atoms with van der Waals surface area (Å²) in [6.45, 7) is 1.94. The minimum atomic E-state index is -2.60. The Bertz CT molecular complexity index is 755. The van der Waals surface area contributed by atoms with E-state index in [1.165, 1.54) is 23.6 Å². The second-order valence-electron chi connectivity index (χ2n) is 4.28. The third-order valence-electron chi connectivity index (χ3n) is 2.66. The summed E-state index contributed by atoms with van der Waals surface area (Å²) in [7, 11) is -2.60. The zero-order valence-electron chi connectivity index (χ0n) is 10.8. The van der Waals surface area contributed by atoms with E-state index in [1.54, 1.807) is 12.1 Å². The molecular formula is C14H13NO4S. The molecule has 2 aromatic rings. The molecule has 0 fully saturated rings. The molecule has 20 heavy (non-hydrogen) atoms. The molecule has 1 unspecified atom stereocenters. The molecule has 5 nitrogen and oxygen atoms in total. The van der Waals surface area contributed by atoms with Gasteiger partial charge in [0, 0.05) is 19.8 Å². The van der Waals surface area contributed by atoms with Crippen molar-refractivity contribution >= 4 is 27.4 Å². The van der Waals surface area contributed by atoms with E-state index in [9.17, 15) is 14.3 Å². The topological polar surface area (TPSA) is 73.3 Å². The number of hydrogen-bond acceptors (Lipinski definition) is 4. The number of nitro groups is 1. The van der Waals surface area contributed by atoms with Crippen LogP contribution in [0.1, 0.15) is 11.3 Å². The highest BCUT2D eigenvalue weighted by molar-refractivity contribution is 8.03. The standard InChI is InChI=1S/C14H13NO4S/c1-11-3-6-13(7-4-11)20(2,18)10-9-12-5-8-14(19-12)15(16)17/h3-10H,2H2,1H3/b10-9+. The van der Waals surface area contributed by atoms with Crippen LogP contribution in [-0.4, -0.2) is 15.0 Å². The smallest absolute Gasteiger partial charge is 0.401 e. The van der Waals surface area contributed by atoms with Crippen LogP contribution in [0.2, 0.25) is 0 Å². The van der Waals surface area contributed by atoms with Crippen LogP contribution in [0.15, 0.2) is 51.1 Å². The number of benzene rings is 1. The Kier molecular flexibility index (Phi) is 3.76. The Hall–Kier alpha value is -2.34. The first-order valence-electron chi connectivity index (χ1n) is 5.75. The fourth-order valence-corrected chi connectivity index (χ4v) is 2.66. The highest BCUT2D eigenvalue weighted by atomic mass is 32.2. The molecule has 0 spiro atoms. The van der Waals surface area contributed by atoms with Gasteiger partial charge in [-0.3, -0.25) is 14.3 Å². The third kappa shape index (κ3) is 3.16. The van der Waals surface area contributed by atoms with Gasteiger partial charge in [-0.2, -0.15) is 0 Å². The lowest BCUT2D eigenvalue weighted by Crippen LogP contribution is -1.95. The lowest BCUT2D eigenvalue weighted by atomic mass is 10.2. The summed E-state index contributed by atoms with van der Waals surface area (Å²) in [6.07, 6.45) is 1.43. The molecule has 0 aliphatic carbocycles. The summed E-state index contributed by atoms with van der Waals surface area (Å²) in [5, 5.41) is 11.9. The van der Waals surface area contributed by atoms with Gasteiger partial charge in [0.15, 0.2) is 0 Å². The van der Waals surface area contributed by atoms with Crippen LogP contribution >= 0.6 is 0 Å². The zero-order valence-corrected chi connectivity index (χ0v) is 11.6. The maximum Gasteiger partial charge on any atom is 0.433 e. The Balaban J connectivity index is 2.25. The Morgan fingerprint density at radius 2 is 1.90 bits per heavy atom. The highest BCUT2D eigenvalue weighted by Crippen LogP contribution is 2.19. The monoisotopic (exact) mass is 291 g/mol. The number of aryl methyl sites for hydroxylation is 1. The summed E-state index contributed by atoms with van der Waals surface area (Å²) in [5.74, 6) is 3.61. The number of rotatable bonds is 4. The van der Waals surface area contributed by atoms with Crippen molar-refractivity contribution in [1.82, 2.24) is 0 Å². The van der Waals surface area contributed by atoms with E-state index in [2.05, 4.69) is 5.87 Å². The molecule has 1 aromatic heterocycles. The molecule has 0 N–H and O–H groups in total. The van der Waals surface area contributed by atoms with Crippen LogP contribution in [0.5, 0.6) is 0 Å². The van der Waals surface area contributed by atoms with Gasteiger partial charge < -0.3 is 4.42 Å². The van der Waals surface area contributed by atoms with Crippen molar-refractivity contribution < 1.29 is 13.5 Å². The average Bonchev–Trinajstić information content (AvgIpc) is 2.86. The molecule has 0 amide bonds. The lowest BCUT2D eigenvalue weighted by molar-refractivity contribution is -0.402. The summed E-state index contributed by atoms with van der Waals surface area (Å²) in [4.78, 5) is 10.5. The van der Waals surface area contributed by atoms with Crippen LogP contribution in [0.4, 0.5) is 5.88 Å². The lowest BCUT2D eigenvalue weighted by Gasteiger charge is -2.03. The Morgan fingerprint density at radius 1 is 1.25 bits per heavy atom. The van der Waals surface area contributed by atoms with E-state index in [0.29, 0.717) is 4.90 Å². The van der Waals surface area contributed by atoms with Crippen molar-refractivity contribution in [3.05, 3.63) is 63.2 Å². The van der Waals surface area contributed by atoms with Crippen molar-refractivity contribution in [1.29, 1.82) is 0 Å². The van der Waals surface area contributed by atoms with E-state index in [-0.39, 0.29) is 11.6 Å². The second kappa shape index (κ2) is 5.34. The van der Waals surface area contributed by atoms with Crippen molar-refractivity contribution in [2.45, 2.75) is 11.8 Å². The quantitative estimate of drug-likeness (QED) is 0.492. The van der Waals surface area contributed by atoms with Gasteiger partial charge in [0.1, 0.15) is 10.7 Å². The van der Waals surface area contributed by atoms with Gasteiger partial charge in [-0.1, -0.05) is 17.7 Å². The van der Waals surface area contributed by atoms with Crippen molar-refractivity contribution in [2.24, 2.45) is 0 Å². The maximum atomic E-state index is 12.4. The molecule has 1 aromatic carbocycles. The van der Waals surface area contributed by atoms with Crippen LogP contribution < -0.4 is 0 Å². The molecule has 1 heterocycles. The molecule has 2 rings (SSSR count). The first kappa shape index (κ1) is 14.1. The molecule has 0 aliphatic rings. The molecule has 104 valence electrons. The molecule has 6 heteroatoms. The summed E-state index contributed by atoms with van der Waals surface area (Å²) in [5.41, 5.74) is 1.06. The molecule has 0 radical (unpaired) electrons. The second-order valence-corrected chi connectivity index (χ2v) is 6.47. The summed E-state index contributed by atoms with van der Waals surface area (Å²) in [6, 6.07) is 9.90. The molecule has 0 saturated carbocycles. The molecule has 0 aliphatic heterocycles. The number of nitrogens with zero attached hydrogens (tertiary/aromatic N) is 1. The van der Waals surface area contributed by atoms with E-state index < -0.39 is 14.4 Å². The van der Waals surface area contributed by atoms with Gasteiger partial charge in [-0.15, -0.1) is 0 Å².